The first-order chi connectivity index (χ1) is 5.04. The number of rotatable bonds is 0. The van der Waals surface area contributed by atoms with Crippen LogP contribution in [0.15, 0.2) is 16.6 Å². The van der Waals surface area contributed by atoms with Crippen LogP contribution in [0.2, 0.25) is 0 Å². The number of amidine groups is 1. The van der Waals surface area contributed by atoms with Gasteiger partial charge in [-0.25, -0.2) is 5.06 Å². The molecule has 61 valence electrons. The number of hydroxylamine groups is 2. The second-order valence-electron chi connectivity index (χ2n) is 1.96. The molecule has 11 heavy (non-hydrogen) atoms. The van der Waals surface area contributed by atoms with Gasteiger partial charge in [-0.3, -0.25) is 5.21 Å². The summed E-state index contributed by atoms with van der Waals surface area (Å²) < 4.78 is 0. The van der Waals surface area contributed by atoms with Crippen molar-refractivity contribution in [2.24, 2.45) is 4.99 Å². The van der Waals surface area contributed by atoms with Crippen LogP contribution in [0.4, 0.5) is 0 Å². The molecular formula is C5H7N2O4. The Hall–Kier alpha value is -1.27. The average Bonchev–Trinajstić information content (AvgIpc) is 1.97. The van der Waals surface area contributed by atoms with Gasteiger partial charge in [0.15, 0.2) is 0 Å². The van der Waals surface area contributed by atoms with E-state index in [0.717, 1.165) is 0 Å². The zero-order valence-electron chi connectivity index (χ0n) is 5.47. The van der Waals surface area contributed by atoms with Crippen LogP contribution in [0.3, 0.4) is 0 Å². The van der Waals surface area contributed by atoms with Crippen molar-refractivity contribution >= 4 is 5.84 Å². The number of hydrogen-bond donors (Lipinski definition) is 4. The zero-order chi connectivity index (χ0) is 8.59. The Bertz CT molecular complexity index is 235. The van der Waals surface area contributed by atoms with E-state index in [2.05, 4.69) is 11.9 Å². The first-order valence-electron chi connectivity index (χ1n) is 2.73. The summed E-state index contributed by atoms with van der Waals surface area (Å²) in [6, 6.07) is 0. The minimum atomic E-state index is -1.69. The molecule has 0 spiro atoms. The highest BCUT2D eigenvalue weighted by Crippen LogP contribution is 2.14. The fourth-order valence-electron chi connectivity index (χ4n) is 0.603. The normalized spacial score (nSPS) is 25.5. The Morgan fingerprint density at radius 1 is 1.45 bits per heavy atom. The van der Waals surface area contributed by atoms with E-state index in [9.17, 15) is 0 Å². The number of hydrogen-bond acceptors (Lipinski definition) is 6. The van der Waals surface area contributed by atoms with Crippen molar-refractivity contribution in [3.63, 3.8) is 0 Å². The molecule has 1 aliphatic rings. The van der Waals surface area contributed by atoms with Gasteiger partial charge < -0.3 is 15.3 Å². The molecule has 0 bridgehead atoms. The summed E-state index contributed by atoms with van der Waals surface area (Å²) in [6.07, 6.45) is -1.69. The molecule has 0 saturated carbocycles. The molecule has 0 saturated heterocycles. The monoisotopic (exact) mass is 159 g/mol. The van der Waals surface area contributed by atoms with Crippen LogP contribution < -0.4 is 0 Å². The van der Waals surface area contributed by atoms with E-state index in [0.29, 0.717) is 0 Å². The molecule has 0 aromatic carbocycles. The second kappa shape index (κ2) is 2.40. The average molecular weight is 159 g/mol. The quantitative estimate of drug-likeness (QED) is 0.383. The Morgan fingerprint density at radius 3 is 2.55 bits per heavy atom. The van der Waals surface area contributed by atoms with Crippen LogP contribution in [0.1, 0.15) is 0 Å². The molecule has 6 heteroatoms. The molecule has 0 aromatic heterocycles. The van der Waals surface area contributed by atoms with Gasteiger partial charge in [-0.2, -0.15) is 4.99 Å². The van der Waals surface area contributed by atoms with Gasteiger partial charge >= 0.3 is 0 Å². The van der Waals surface area contributed by atoms with Gasteiger partial charge in [0.05, 0.1) is 0 Å². The SMILES string of the molecule is [CH2]C1=NC(O)=C(O)C(O)N1O. The van der Waals surface area contributed by atoms with E-state index in [4.69, 9.17) is 20.5 Å². The Kier molecular flexibility index (Phi) is 1.71. The highest BCUT2D eigenvalue weighted by molar-refractivity contribution is 5.87. The summed E-state index contributed by atoms with van der Waals surface area (Å²) >= 11 is 0. The largest absolute Gasteiger partial charge is 0.504 e. The Labute approximate surface area is 62.3 Å². The third-order valence-corrected chi connectivity index (χ3v) is 1.20. The van der Waals surface area contributed by atoms with E-state index < -0.39 is 17.9 Å². The summed E-state index contributed by atoms with van der Waals surface area (Å²) in [5.41, 5.74) is 0. The maximum atomic E-state index is 8.87. The molecule has 1 heterocycles. The van der Waals surface area contributed by atoms with Gasteiger partial charge in [0.1, 0.15) is 5.84 Å². The molecule has 0 fully saturated rings. The van der Waals surface area contributed by atoms with E-state index in [-0.39, 0.29) is 10.9 Å². The van der Waals surface area contributed by atoms with Crippen LogP contribution >= 0.6 is 0 Å². The predicted octanol–water partition coefficient (Wildman–Crippen LogP) is -0.473. The zero-order valence-corrected chi connectivity index (χ0v) is 5.47. The summed E-state index contributed by atoms with van der Waals surface area (Å²) in [7, 11) is 0. The first kappa shape index (κ1) is 7.83. The molecule has 0 aromatic rings. The van der Waals surface area contributed by atoms with Crippen LogP contribution in [0, 0.1) is 6.92 Å². The van der Waals surface area contributed by atoms with Crippen LogP contribution in [-0.2, 0) is 0 Å². The van der Waals surface area contributed by atoms with Crippen molar-refractivity contribution in [3.05, 3.63) is 18.6 Å². The topological polar surface area (TPSA) is 96.5 Å². The number of aliphatic hydroxyl groups excluding tert-OH is 3. The molecule has 1 rings (SSSR count). The standard InChI is InChI=1S/C5H7N2O4/c1-2-6-4(9)3(8)5(10)7(2)11/h5,8-11H,1H2. The van der Waals surface area contributed by atoms with Crippen molar-refractivity contribution < 1.29 is 20.5 Å². The van der Waals surface area contributed by atoms with E-state index in [1.165, 1.54) is 0 Å². The fraction of sp³-hybridized carbons (Fsp3) is 0.200. The molecule has 0 aliphatic carbocycles. The van der Waals surface area contributed by atoms with Crippen molar-refractivity contribution in [1.82, 2.24) is 5.06 Å². The molecule has 1 unspecified atom stereocenters. The third-order valence-electron chi connectivity index (χ3n) is 1.20. The molecular weight excluding hydrogens is 152 g/mol. The lowest BCUT2D eigenvalue weighted by Crippen LogP contribution is -2.40. The highest BCUT2D eigenvalue weighted by atomic mass is 16.5. The third kappa shape index (κ3) is 1.13. The van der Waals surface area contributed by atoms with E-state index in [1.54, 1.807) is 0 Å². The lowest BCUT2D eigenvalue weighted by atomic mass is 10.4. The Morgan fingerprint density at radius 2 is 2.00 bits per heavy atom. The molecule has 4 N–H and O–H groups in total. The molecule has 1 aliphatic heterocycles. The van der Waals surface area contributed by atoms with Crippen molar-refractivity contribution in [3.8, 4) is 0 Å². The maximum absolute atomic E-state index is 8.87. The van der Waals surface area contributed by atoms with Gasteiger partial charge in [0, 0.05) is 6.92 Å². The minimum absolute atomic E-state index is 0.231. The van der Waals surface area contributed by atoms with E-state index in [1.807, 2.05) is 0 Å². The summed E-state index contributed by atoms with van der Waals surface area (Å²) in [4.78, 5) is 3.20. The molecule has 1 atom stereocenters. The van der Waals surface area contributed by atoms with Crippen LogP contribution in [0.5, 0.6) is 0 Å². The van der Waals surface area contributed by atoms with Gasteiger partial charge in [0.2, 0.25) is 12.0 Å². The Balaban J connectivity index is 3.01. The number of aliphatic hydroxyl groups is 3. The second-order valence-corrected chi connectivity index (χ2v) is 1.96. The lowest BCUT2D eigenvalue weighted by molar-refractivity contribution is -0.137. The molecule has 6 nitrogen and oxygen atoms in total. The fourth-order valence-corrected chi connectivity index (χ4v) is 0.603. The minimum Gasteiger partial charge on any atom is -0.504 e. The smallest absolute Gasteiger partial charge is 0.256 e. The number of aliphatic imine (C=N–C) groups is 1. The summed E-state index contributed by atoms with van der Waals surface area (Å²) in [6.45, 7) is 3.17. The van der Waals surface area contributed by atoms with E-state index >= 15 is 0 Å². The van der Waals surface area contributed by atoms with Gasteiger partial charge in [-0.1, -0.05) is 0 Å². The first-order valence-corrected chi connectivity index (χ1v) is 2.73. The van der Waals surface area contributed by atoms with Crippen LogP contribution in [0.25, 0.3) is 0 Å². The molecule has 1 radical (unpaired) electrons. The van der Waals surface area contributed by atoms with Crippen molar-refractivity contribution in [2.75, 3.05) is 0 Å². The van der Waals surface area contributed by atoms with Gasteiger partial charge in [0.25, 0.3) is 5.88 Å². The maximum Gasteiger partial charge on any atom is 0.256 e. The predicted molar refractivity (Wildman–Crippen MR) is 34.7 cm³/mol. The van der Waals surface area contributed by atoms with Gasteiger partial charge in [-0.15, -0.1) is 0 Å². The van der Waals surface area contributed by atoms with Crippen molar-refractivity contribution in [1.29, 1.82) is 0 Å². The lowest BCUT2D eigenvalue weighted by Gasteiger charge is -2.24. The summed E-state index contributed by atoms with van der Waals surface area (Å²) in [5.74, 6) is -1.79. The van der Waals surface area contributed by atoms with Gasteiger partial charge in [-0.05, 0) is 0 Å². The number of nitrogens with zero attached hydrogens (tertiary/aromatic N) is 2. The summed E-state index contributed by atoms with van der Waals surface area (Å²) in [5, 5.41) is 35.4. The van der Waals surface area contributed by atoms with Crippen LogP contribution in [-0.4, -0.2) is 37.7 Å². The van der Waals surface area contributed by atoms with Crippen molar-refractivity contribution in [2.45, 2.75) is 6.23 Å². The highest BCUT2D eigenvalue weighted by Gasteiger charge is 2.27. The molecule has 0 amide bonds.